The molecule has 2 heterocycles. The van der Waals surface area contributed by atoms with E-state index < -0.39 is 0 Å². The van der Waals surface area contributed by atoms with Crippen molar-refractivity contribution in [3.8, 4) is 5.82 Å². The fraction of sp³-hybridized carbons (Fsp3) is 0.125. The normalized spacial score (nSPS) is 10.3. The first-order chi connectivity index (χ1) is 7.18. The molecule has 0 amide bonds. The molecule has 0 aromatic carbocycles. The van der Waals surface area contributed by atoms with Gasteiger partial charge in [0.2, 0.25) is 0 Å². The van der Waals surface area contributed by atoms with Crippen molar-refractivity contribution in [1.82, 2.24) is 20.0 Å². The summed E-state index contributed by atoms with van der Waals surface area (Å²) in [6.45, 7) is 0. The molecule has 6 nitrogen and oxygen atoms in total. The van der Waals surface area contributed by atoms with Crippen LogP contribution in [0.15, 0.2) is 24.5 Å². The lowest BCUT2D eigenvalue weighted by Gasteiger charge is -2.13. The molecule has 0 spiro atoms. The number of rotatable bonds is 2. The fourth-order valence-corrected chi connectivity index (χ4v) is 1.35. The summed E-state index contributed by atoms with van der Waals surface area (Å²) in [7, 11) is 1.68. The van der Waals surface area contributed by atoms with Gasteiger partial charge < -0.3 is 5.01 Å². The first-order valence-electron chi connectivity index (χ1n) is 4.20. The molecule has 2 aromatic heterocycles. The van der Waals surface area contributed by atoms with Gasteiger partial charge in [-0.2, -0.15) is 5.10 Å². The molecule has 0 bridgehead atoms. The maximum atomic E-state index is 5.83. The third-order valence-corrected chi connectivity index (χ3v) is 2.11. The molecule has 0 aliphatic rings. The molecule has 0 atom stereocenters. The van der Waals surface area contributed by atoms with Crippen molar-refractivity contribution in [2.75, 3.05) is 12.1 Å². The van der Waals surface area contributed by atoms with E-state index in [0.29, 0.717) is 11.5 Å². The van der Waals surface area contributed by atoms with Gasteiger partial charge in [-0.1, -0.05) is 11.6 Å². The van der Waals surface area contributed by atoms with Crippen molar-refractivity contribution >= 4 is 17.3 Å². The lowest BCUT2D eigenvalue weighted by atomic mass is 10.4. The number of hydrazine groups is 1. The van der Waals surface area contributed by atoms with Gasteiger partial charge in [-0.15, -0.1) is 10.2 Å². The molecule has 7 heteroatoms. The smallest absolute Gasteiger partial charge is 0.177 e. The molecule has 15 heavy (non-hydrogen) atoms. The van der Waals surface area contributed by atoms with Crippen LogP contribution in [0.25, 0.3) is 5.82 Å². The monoisotopic (exact) mass is 224 g/mol. The van der Waals surface area contributed by atoms with Crippen LogP contribution in [0, 0.1) is 0 Å². The highest BCUT2D eigenvalue weighted by molar-refractivity contribution is 6.31. The SMILES string of the molecule is CN(N)c1cc(-n2cccn2)nnc1Cl. The highest BCUT2D eigenvalue weighted by Gasteiger charge is 2.08. The van der Waals surface area contributed by atoms with Crippen LogP contribution in [0.5, 0.6) is 0 Å². The van der Waals surface area contributed by atoms with E-state index in [1.165, 1.54) is 5.01 Å². The number of halogens is 1. The fourth-order valence-electron chi connectivity index (χ4n) is 1.12. The molecule has 78 valence electrons. The third kappa shape index (κ3) is 1.90. The van der Waals surface area contributed by atoms with Crippen LogP contribution in [-0.4, -0.2) is 27.0 Å². The zero-order chi connectivity index (χ0) is 10.8. The predicted molar refractivity (Wildman–Crippen MR) is 56.8 cm³/mol. The minimum absolute atomic E-state index is 0.260. The highest BCUT2D eigenvalue weighted by atomic mass is 35.5. The van der Waals surface area contributed by atoms with Crippen molar-refractivity contribution in [3.05, 3.63) is 29.7 Å². The van der Waals surface area contributed by atoms with E-state index in [1.807, 2.05) is 0 Å². The van der Waals surface area contributed by atoms with E-state index in [2.05, 4.69) is 15.3 Å². The minimum Gasteiger partial charge on any atom is -0.311 e. The van der Waals surface area contributed by atoms with E-state index in [0.717, 1.165) is 0 Å². The van der Waals surface area contributed by atoms with Crippen LogP contribution in [0.4, 0.5) is 5.69 Å². The maximum absolute atomic E-state index is 5.83. The van der Waals surface area contributed by atoms with Crippen LogP contribution >= 0.6 is 11.6 Å². The van der Waals surface area contributed by atoms with E-state index in [-0.39, 0.29) is 5.15 Å². The van der Waals surface area contributed by atoms with Gasteiger partial charge in [-0.3, -0.25) is 0 Å². The zero-order valence-corrected chi connectivity index (χ0v) is 8.76. The second-order valence-electron chi connectivity index (χ2n) is 2.94. The Morgan fingerprint density at radius 2 is 2.27 bits per heavy atom. The molecule has 0 unspecified atom stereocenters. The summed E-state index contributed by atoms with van der Waals surface area (Å²) in [6.07, 6.45) is 3.42. The van der Waals surface area contributed by atoms with Gasteiger partial charge in [-0.05, 0) is 6.07 Å². The lowest BCUT2D eigenvalue weighted by molar-refractivity contribution is 0.810. The van der Waals surface area contributed by atoms with E-state index in [9.17, 15) is 0 Å². The van der Waals surface area contributed by atoms with Gasteiger partial charge in [0, 0.05) is 25.5 Å². The molecular formula is C8H9ClN6. The van der Waals surface area contributed by atoms with E-state index in [1.54, 1.807) is 36.3 Å². The molecular weight excluding hydrogens is 216 g/mol. The Balaban J connectivity index is 2.48. The van der Waals surface area contributed by atoms with Crippen LogP contribution in [0.1, 0.15) is 0 Å². The Labute approximate surface area is 91.2 Å². The number of hydrogen-bond acceptors (Lipinski definition) is 5. The number of anilines is 1. The first kappa shape index (κ1) is 9.88. The largest absolute Gasteiger partial charge is 0.311 e. The summed E-state index contributed by atoms with van der Waals surface area (Å²) in [4.78, 5) is 0. The Morgan fingerprint density at radius 1 is 1.47 bits per heavy atom. The summed E-state index contributed by atoms with van der Waals surface area (Å²) in [5.41, 5.74) is 0.595. The predicted octanol–water partition coefficient (Wildman–Crippen LogP) is 0.626. The standard InChI is InChI=1S/C8H9ClN6/c1-14(10)6-5-7(12-13-8(6)9)15-4-2-3-11-15/h2-5H,10H2,1H3. The van der Waals surface area contributed by atoms with Crippen LogP contribution in [-0.2, 0) is 0 Å². The maximum Gasteiger partial charge on any atom is 0.177 e. The summed E-state index contributed by atoms with van der Waals surface area (Å²) >= 11 is 5.83. The van der Waals surface area contributed by atoms with Crippen molar-refractivity contribution in [2.24, 2.45) is 5.84 Å². The van der Waals surface area contributed by atoms with Crippen molar-refractivity contribution in [1.29, 1.82) is 0 Å². The first-order valence-corrected chi connectivity index (χ1v) is 4.58. The number of nitrogens with two attached hydrogens (primary N) is 1. The van der Waals surface area contributed by atoms with Gasteiger partial charge in [-0.25, -0.2) is 10.5 Å². The Hall–Kier alpha value is -1.66. The van der Waals surface area contributed by atoms with Crippen molar-refractivity contribution in [3.63, 3.8) is 0 Å². The Bertz CT molecular complexity index is 452. The summed E-state index contributed by atoms with van der Waals surface area (Å²) in [5.74, 6) is 6.15. The molecule has 0 aliphatic heterocycles. The number of nitrogens with zero attached hydrogens (tertiary/aromatic N) is 5. The second kappa shape index (κ2) is 3.84. The molecule has 0 radical (unpaired) electrons. The number of aromatic nitrogens is 4. The highest BCUT2D eigenvalue weighted by Crippen LogP contribution is 2.21. The molecule has 0 aliphatic carbocycles. The summed E-state index contributed by atoms with van der Waals surface area (Å²) < 4.78 is 1.58. The van der Waals surface area contributed by atoms with Gasteiger partial charge in [0.15, 0.2) is 11.0 Å². The lowest BCUT2D eigenvalue weighted by Crippen LogP contribution is -2.26. The van der Waals surface area contributed by atoms with E-state index in [4.69, 9.17) is 17.4 Å². The average Bonchev–Trinajstić information content (AvgIpc) is 2.71. The molecule has 0 fully saturated rings. The van der Waals surface area contributed by atoms with Crippen molar-refractivity contribution in [2.45, 2.75) is 0 Å². The van der Waals surface area contributed by atoms with Crippen LogP contribution in [0.3, 0.4) is 0 Å². The third-order valence-electron chi connectivity index (χ3n) is 1.84. The molecule has 2 rings (SSSR count). The quantitative estimate of drug-likeness (QED) is 0.598. The molecule has 2 N–H and O–H groups in total. The van der Waals surface area contributed by atoms with Crippen LogP contribution in [0.2, 0.25) is 5.15 Å². The zero-order valence-electron chi connectivity index (χ0n) is 8.00. The second-order valence-corrected chi connectivity index (χ2v) is 3.30. The van der Waals surface area contributed by atoms with Gasteiger partial charge >= 0.3 is 0 Å². The van der Waals surface area contributed by atoms with Crippen LogP contribution < -0.4 is 10.9 Å². The molecule has 0 saturated heterocycles. The molecule has 0 saturated carbocycles. The van der Waals surface area contributed by atoms with Gasteiger partial charge in [0.25, 0.3) is 0 Å². The summed E-state index contributed by atoms with van der Waals surface area (Å²) in [6, 6.07) is 3.50. The van der Waals surface area contributed by atoms with Crippen molar-refractivity contribution < 1.29 is 0 Å². The summed E-state index contributed by atoms with van der Waals surface area (Å²) in [5, 5.41) is 13.4. The number of hydrogen-bond donors (Lipinski definition) is 1. The van der Waals surface area contributed by atoms with Gasteiger partial charge in [0.1, 0.15) is 0 Å². The molecule has 2 aromatic rings. The Kier molecular flexibility index (Phi) is 2.53. The topological polar surface area (TPSA) is 72.9 Å². The van der Waals surface area contributed by atoms with E-state index >= 15 is 0 Å². The van der Waals surface area contributed by atoms with Gasteiger partial charge in [0.05, 0.1) is 5.69 Å². The average molecular weight is 225 g/mol. The minimum atomic E-state index is 0.260. The Morgan fingerprint density at radius 3 is 2.87 bits per heavy atom.